The Hall–Kier alpha value is -1.66. The number of aromatic nitrogens is 3. The van der Waals surface area contributed by atoms with E-state index in [1.165, 1.54) is 12.8 Å². The first-order valence-corrected chi connectivity index (χ1v) is 7.64. The number of hydrogen-bond acceptors (Lipinski definition) is 4. The summed E-state index contributed by atoms with van der Waals surface area (Å²) in [6, 6.07) is 3.90. The maximum absolute atomic E-state index is 12.0. The van der Waals surface area contributed by atoms with Crippen molar-refractivity contribution in [2.24, 2.45) is 0 Å². The van der Waals surface area contributed by atoms with Gasteiger partial charge >= 0.3 is 0 Å². The third kappa shape index (κ3) is 3.71. The third-order valence-electron chi connectivity index (χ3n) is 3.69. The minimum absolute atomic E-state index is 0.0168. The van der Waals surface area contributed by atoms with Gasteiger partial charge in [0.2, 0.25) is 5.91 Å². The molecule has 3 heterocycles. The lowest BCUT2D eigenvalue weighted by Crippen LogP contribution is -2.34. The van der Waals surface area contributed by atoms with E-state index in [0.717, 1.165) is 19.4 Å². The SMILES string of the molecule is O=C(CCC1CCCCN1)Nc1cn2nc(Cl)ccc2n1. The number of fused-ring (bicyclic) bond motifs is 1. The Kier molecular flexibility index (Phi) is 4.36. The molecule has 1 saturated heterocycles. The summed E-state index contributed by atoms with van der Waals surface area (Å²) < 4.78 is 1.56. The largest absolute Gasteiger partial charge is 0.314 e. The Morgan fingerprint density at radius 2 is 2.38 bits per heavy atom. The molecule has 3 rings (SSSR count). The van der Waals surface area contributed by atoms with E-state index in [2.05, 4.69) is 20.7 Å². The fourth-order valence-corrected chi connectivity index (χ4v) is 2.74. The Bertz CT molecular complexity index is 635. The van der Waals surface area contributed by atoms with Gasteiger partial charge in [-0.2, -0.15) is 5.10 Å². The number of nitrogens with zero attached hydrogens (tertiary/aromatic N) is 3. The van der Waals surface area contributed by atoms with E-state index in [-0.39, 0.29) is 5.91 Å². The van der Waals surface area contributed by atoms with Crippen LogP contribution >= 0.6 is 11.6 Å². The van der Waals surface area contributed by atoms with Gasteiger partial charge < -0.3 is 10.6 Å². The summed E-state index contributed by atoms with van der Waals surface area (Å²) in [5.41, 5.74) is 0.656. The average molecular weight is 308 g/mol. The molecule has 1 aliphatic heterocycles. The number of anilines is 1. The fraction of sp³-hybridized carbons (Fsp3) is 0.500. The number of carbonyl (C=O) groups excluding carboxylic acids is 1. The smallest absolute Gasteiger partial charge is 0.225 e. The molecule has 0 spiro atoms. The highest BCUT2D eigenvalue weighted by molar-refractivity contribution is 6.29. The lowest BCUT2D eigenvalue weighted by Gasteiger charge is -2.22. The molecule has 0 radical (unpaired) electrons. The average Bonchev–Trinajstić information content (AvgIpc) is 2.87. The van der Waals surface area contributed by atoms with Crippen molar-refractivity contribution in [3.63, 3.8) is 0 Å². The van der Waals surface area contributed by atoms with E-state index in [4.69, 9.17) is 11.6 Å². The van der Waals surface area contributed by atoms with Crippen molar-refractivity contribution in [1.82, 2.24) is 19.9 Å². The standard InChI is InChI=1S/C14H18ClN5O/c15-11-5-6-13-17-12(9-20(13)19-11)18-14(21)7-4-10-3-1-2-8-16-10/h5-6,9-10,16H,1-4,7-8H2,(H,18,21). The van der Waals surface area contributed by atoms with Crippen LogP contribution in [0.15, 0.2) is 18.3 Å². The van der Waals surface area contributed by atoms with Gasteiger partial charge in [0, 0.05) is 12.5 Å². The normalized spacial score (nSPS) is 18.8. The monoisotopic (exact) mass is 307 g/mol. The number of carbonyl (C=O) groups is 1. The van der Waals surface area contributed by atoms with Crippen LogP contribution in [0.5, 0.6) is 0 Å². The van der Waals surface area contributed by atoms with Crippen molar-refractivity contribution in [1.29, 1.82) is 0 Å². The fourth-order valence-electron chi connectivity index (χ4n) is 2.60. The molecule has 1 unspecified atom stereocenters. The van der Waals surface area contributed by atoms with Crippen LogP contribution in [-0.2, 0) is 4.79 Å². The molecule has 0 aromatic carbocycles. The lowest BCUT2D eigenvalue weighted by atomic mass is 10.0. The molecule has 0 saturated carbocycles. The van der Waals surface area contributed by atoms with Gasteiger partial charge in [0.15, 0.2) is 11.5 Å². The Morgan fingerprint density at radius 1 is 1.48 bits per heavy atom. The highest BCUT2D eigenvalue weighted by atomic mass is 35.5. The maximum Gasteiger partial charge on any atom is 0.225 e. The van der Waals surface area contributed by atoms with Crippen LogP contribution in [0, 0.1) is 0 Å². The van der Waals surface area contributed by atoms with Crippen molar-refractivity contribution in [2.75, 3.05) is 11.9 Å². The molecular formula is C14H18ClN5O. The van der Waals surface area contributed by atoms with E-state index >= 15 is 0 Å². The summed E-state index contributed by atoms with van der Waals surface area (Å²) >= 11 is 5.82. The number of rotatable bonds is 4. The second kappa shape index (κ2) is 6.41. The number of nitrogens with one attached hydrogen (secondary N) is 2. The van der Waals surface area contributed by atoms with Gasteiger partial charge in [-0.25, -0.2) is 9.50 Å². The molecule has 1 atom stereocenters. The lowest BCUT2D eigenvalue weighted by molar-refractivity contribution is -0.116. The van der Waals surface area contributed by atoms with Gasteiger partial charge in [-0.1, -0.05) is 18.0 Å². The quantitative estimate of drug-likeness (QED) is 0.909. The summed E-state index contributed by atoms with van der Waals surface area (Å²) in [5.74, 6) is 0.489. The second-order valence-corrected chi connectivity index (χ2v) is 5.71. The van der Waals surface area contributed by atoms with Crippen LogP contribution in [-0.4, -0.2) is 33.1 Å². The van der Waals surface area contributed by atoms with Gasteiger partial charge in [0.25, 0.3) is 0 Å². The summed E-state index contributed by atoms with van der Waals surface area (Å²) in [6.07, 6.45) is 6.67. The molecule has 1 aliphatic rings. The topological polar surface area (TPSA) is 71.3 Å². The molecule has 0 bridgehead atoms. The molecule has 7 heteroatoms. The molecule has 21 heavy (non-hydrogen) atoms. The minimum atomic E-state index is -0.0168. The summed E-state index contributed by atoms with van der Waals surface area (Å²) in [7, 11) is 0. The zero-order valence-electron chi connectivity index (χ0n) is 11.7. The molecule has 2 aromatic rings. The van der Waals surface area contributed by atoms with Crippen LogP contribution in [0.2, 0.25) is 5.15 Å². The van der Waals surface area contributed by atoms with Crippen LogP contribution in [0.1, 0.15) is 32.1 Å². The highest BCUT2D eigenvalue weighted by Gasteiger charge is 2.14. The predicted octanol–water partition coefficient (Wildman–Crippen LogP) is 2.24. The molecule has 2 aromatic heterocycles. The van der Waals surface area contributed by atoms with Crippen LogP contribution in [0.4, 0.5) is 5.82 Å². The molecule has 0 aliphatic carbocycles. The molecule has 6 nitrogen and oxygen atoms in total. The van der Waals surface area contributed by atoms with Gasteiger partial charge in [-0.3, -0.25) is 4.79 Å². The molecule has 1 amide bonds. The zero-order chi connectivity index (χ0) is 14.7. The third-order valence-corrected chi connectivity index (χ3v) is 3.89. The highest BCUT2D eigenvalue weighted by Crippen LogP contribution is 2.14. The van der Waals surface area contributed by atoms with Gasteiger partial charge in [-0.15, -0.1) is 0 Å². The van der Waals surface area contributed by atoms with Crippen molar-refractivity contribution < 1.29 is 4.79 Å². The molecule has 2 N–H and O–H groups in total. The number of imidazole rings is 1. The minimum Gasteiger partial charge on any atom is -0.314 e. The second-order valence-electron chi connectivity index (χ2n) is 5.32. The Morgan fingerprint density at radius 3 is 3.19 bits per heavy atom. The van der Waals surface area contributed by atoms with Crippen molar-refractivity contribution in [3.05, 3.63) is 23.5 Å². The van der Waals surface area contributed by atoms with Crippen molar-refractivity contribution >= 4 is 29.0 Å². The Labute approximate surface area is 127 Å². The summed E-state index contributed by atoms with van der Waals surface area (Å²) in [6.45, 7) is 1.06. The van der Waals surface area contributed by atoms with Gasteiger partial charge in [0.05, 0.1) is 6.20 Å². The maximum atomic E-state index is 12.0. The van der Waals surface area contributed by atoms with Gasteiger partial charge in [-0.05, 0) is 37.9 Å². The van der Waals surface area contributed by atoms with E-state index in [1.54, 1.807) is 22.8 Å². The Balaban J connectivity index is 1.55. The van der Waals surface area contributed by atoms with Crippen LogP contribution in [0.25, 0.3) is 5.65 Å². The van der Waals surface area contributed by atoms with E-state index in [1.807, 2.05) is 0 Å². The van der Waals surface area contributed by atoms with Crippen molar-refractivity contribution in [3.8, 4) is 0 Å². The first-order chi connectivity index (χ1) is 10.2. The molecule has 112 valence electrons. The van der Waals surface area contributed by atoms with E-state index in [9.17, 15) is 4.79 Å². The summed E-state index contributed by atoms with van der Waals surface area (Å²) in [5, 5.41) is 10.7. The predicted molar refractivity (Wildman–Crippen MR) is 81.5 cm³/mol. The van der Waals surface area contributed by atoms with Gasteiger partial charge in [0.1, 0.15) is 5.15 Å². The number of amides is 1. The molecule has 1 fully saturated rings. The van der Waals surface area contributed by atoms with Crippen molar-refractivity contribution in [2.45, 2.75) is 38.1 Å². The summed E-state index contributed by atoms with van der Waals surface area (Å²) in [4.78, 5) is 16.2. The molecular weight excluding hydrogens is 290 g/mol. The number of hydrogen-bond donors (Lipinski definition) is 2. The van der Waals surface area contributed by atoms with Crippen LogP contribution in [0.3, 0.4) is 0 Å². The van der Waals surface area contributed by atoms with Crippen LogP contribution < -0.4 is 10.6 Å². The first kappa shape index (κ1) is 14.3. The number of halogens is 1. The van der Waals surface area contributed by atoms with E-state index in [0.29, 0.717) is 29.1 Å². The van der Waals surface area contributed by atoms with E-state index < -0.39 is 0 Å². The first-order valence-electron chi connectivity index (χ1n) is 7.26. The zero-order valence-corrected chi connectivity index (χ0v) is 12.4. The number of piperidine rings is 1.